The van der Waals surface area contributed by atoms with Crippen LogP contribution in [0.3, 0.4) is 0 Å². The first-order chi connectivity index (χ1) is 12.7. The molecule has 0 saturated heterocycles. The van der Waals surface area contributed by atoms with Crippen molar-refractivity contribution >= 4 is 25.4 Å². The molecular formula is C24H51BrGe. The van der Waals surface area contributed by atoms with Gasteiger partial charge in [0.2, 0.25) is 0 Å². The molecule has 0 radical (unpaired) electrons. The Morgan fingerprint density at radius 2 is 0.615 bits per heavy atom. The van der Waals surface area contributed by atoms with Crippen molar-refractivity contribution in [1.82, 2.24) is 0 Å². The first-order valence-electron chi connectivity index (χ1n) is 12.4. The molecule has 0 N–H and O–H groups in total. The molecule has 0 rings (SSSR count). The zero-order chi connectivity index (χ0) is 19.3. The molecule has 0 aromatic carbocycles. The van der Waals surface area contributed by atoms with Gasteiger partial charge in [-0.2, -0.15) is 0 Å². The number of rotatable bonds is 21. The van der Waals surface area contributed by atoms with Crippen LogP contribution < -0.4 is 0 Å². The van der Waals surface area contributed by atoms with Gasteiger partial charge in [0.25, 0.3) is 0 Å². The summed E-state index contributed by atoms with van der Waals surface area (Å²) in [5, 5.41) is 4.78. The van der Waals surface area contributed by atoms with E-state index in [2.05, 4.69) is 34.8 Å². The Morgan fingerprint density at radius 3 is 0.885 bits per heavy atom. The van der Waals surface area contributed by atoms with Crippen molar-refractivity contribution < 1.29 is 0 Å². The van der Waals surface area contributed by atoms with E-state index in [1.54, 1.807) is 15.8 Å². The van der Waals surface area contributed by atoms with E-state index in [4.69, 9.17) is 0 Å². The zero-order valence-corrected chi connectivity index (χ0v) is 22.4. The Hall–Kier alpha value is 1.02. The summed E-state index contributed by atoms with van der Waals surface area (Å²) in [5.41, 5.74) is 0. The van der Waals surface area contributed by atoms with Crippen molar-refractivity contribution in [2.24, 2.45) is 0 Å². The van der Waals surface area contributed by atoms with Gasteiger partial charge >= 0.3 is 178 Å². The molecule has 0 atom stereocenters. The summed E-state index contributed by atoms with van der Waals surface area (Å²) >= 11 is 2.72. The molecule has 0 aliphatic heterocycles. The second-order valence-electron chi connectivity index (χ2n) is 8.70. The first kappa shape index (κ1) is 27.0. The van der Waals surface area contributed by atoms with Crippen molar-refractivity contribution in [2.75, 3.05) is 0 Å². The molecule has 0 aromatic rings. The maximum atomic E-state index is 4.42. The van der Waals surface area contributed by atoms with Crippen LogP contribution in [0.25, 0.3) is 0 Å². The predicted octanol–water partition coefficient (Wildman–Crippen LogP) is 10.4. The van der Waals surface area contributed by atoms with Crippen LogP contribution in [-0.2, 0) is 0 Å². The molecule has 26 heavy (non-hydrogen) atoms. The molecule has 0 nitrogen and oxygen atoms in total. The van der Waals surface area contributed by atoms with Crippen LogP contribution in [0.1, 0.15) is 136 Å². The van der Waals surface area contributed by atoms with Gasteiger partial charge in [0.1, 0.15) is 0 Å². The second-order valence-corrected chi connectivity index (χ2v) is 25.4. The van der Waals surface area contributed by atoms with Crippen molar-refractivity contribution in [3.05, 3.63) is 0 Å². The van der Waals surface area contributed by atoms with Crippen LogP contribution in [0.15, 0.2) is 0 Å². The average Bonchev–Trinajstić information content (AvgIpc) is 2.64. The molecule has 0 unspecified atom stereocenters. The van der Waals surface area contributed by atoms with Gasteiger partial charge in [0, 0.05) is 0 Å². The van der Waals surface area contributed by atoms with E-state index >= 15 is 0 Å². The molecule has 0 heterocycles. The minimum absolute atomic E-state index is 1.37. The molecule has 2 heteroatoms. The van der Waals surface area contributed by atoms with Crippen molar-refractivity contribution in [2.45, 2.75) is 152 Å². The van der Waals surface area contributed by atoms with E-state index in [-0.39, 0.29) is 0 Å². The van der Waals surface area contributed by atoms with Crippen LogP contribution in [0, 0.1) is 0 Å². The Labute approximate surface area is 177 Å². The van der Waals surface area contributed by atoms with E-state index < -0.39 is 11.4 Å². The third-order valence-corrected chi connectivity index (χ3v) is 20.0. The fourth-order valence-electron chi connectivity index (χ4n) is 4.04. The van der Waals surface area contributed by atoms with Gasteiger partial charge in [0.15, 0.2) is 0 Å². The third-order valence-electron chi connectivity index (χ3n) is 5.94. The van der Waals surface area contributed by atoms with Gasteiger partial charge in [-0.1, -0.05) is 0 Å². The molecule has 0 saturated carbocycles. The topological polar surface area (TPSA) is 0 Å². The number of hydrogen-bond donors (Lipinski definition) is 0. The summed E-state index contributed by atoms with van der Waals surface area (Å²) in [7, 11) is 0. The molecule has 0 aromatic heterocycles. The molecule has 0 amide bonds. The fraction of sp³-hybridized carbons (Fsp3) is 1.00. The molecule has 0 fully saturated rings. The maximum absolute atomic E-state index is 4.42. The Kier molecular flexibility index (Phi) is 21.6. The first-order valence-corrected chi connectivity index (χ1v) is 21.7. The zero-order valence-electron chi connectivity index (χ0n) is 18.7. The molecule has 158 valence electrons. The summed E-state index contributed by atoms with van der Waals surface area (Å²) in [5.74, 6) is 0. The van der Waals surface area contributed by atoms with E-state index in [0.717, 1.165) is 0 Å². The van der Waals surface area contributed by atoms with Crippen LogP contribution in [0.2, 0.25) is 15.8 Å². The Bertz CT molecular complexity index is 226. The summed E-state index contributed by atoms with van der Waals surface area (Å²) in [6.45, 7) is 6.96. The fourth-order valence-corrected chi connectivity index (χ4v) is 15.5. The molecular weight excluding hydrogens is 441 g/mol. The Morgan fingerprint density at radius 1 is 0.385 bits per heavy atom. The monoisotopic (exact) mass is 492 g/mol. The Balaban J connectivity index is 4.02. The van der Waals surface area contributed by atoms with Gasteiger partial charge in [-0.15, -0.1) is 0 Å². The predicted molar refractivity (Wildman–Crippen MR) is 129 cm³/mol. The SMILES string of the molecule is CCCCCCC[CH2][Ge]([Br])([CH2]CCCCCCC)[CH2]CCCCCCC. The van der Waals surface area contributed by atoms with E-state index in [0.29, 0.717) is 0 Å². The standard InChI is InChI=1S/C24H51BrGe/c1-4-7-10-13-16-19-22-26(25,23-20-17-14-11-8-5-2)24-21-18-15-12-9-6-3/h4-24H2,1-3H3. The van der Waals surface area contributed by atoms with Gasteiger partial charge in [-0.25, -0.2) is 0 Å². The summed E-state index contributed by atoms with van der Waals surface area (Å²) < 4.78 is 0. The summed E-state index contributed by atoms with van der Waals surface area (Å²) in [4.78, 5) is 0. The van der Waals surface area contributed by atoms with Gasteiger partial charge in [0.05, 0.1) is 0 Å². The van der Waals surface area contributed by atoms with E-state index in [9.17, 15) is 0 Å². The van der Waals surface area contributed by atoms with E-state index in [1.165, 1.54) is 116 Å². The molecule has 0 aliphatic rings. The van der Waals surface area contributed by atoms with Crippen molar-refractivity contribution in [3.63, 3.8) is 0 Å². The van der Waals surface area contributed by atoms with Gasteiger partial charge in [-0.3, -0.25) is 0 Å². The quantitative estimate of drug-likeness (QED) is 0.111. The summed E-state index contributed by atoms with van der Waals surface area (Å²) in [6.07, 6.45) is 26.3. The van der Waals surface area contributed by atoms with Gasteiger partial charge in [-0.05, 0) is 0 Å². The number of hydrogen-bond acceptors (Lipinski definition) is 0. The minimum atomic E-state index is -1.70. The van der Waals surface area contributed by atoms with E-state index in [1.807, 2.05) is 0 Å². The van der Waals surface area contributed by atoms with Crippen LogP contribution in [-0.4, -0.2) is 11.4 Å². The van der Waals surface area contributed by atoms with Crippen molar-refractivity contribution in [1.29, 1.82) is 0 Å². The number of unbranched alkanes of at least 4 members (excludes halogenated alkanes) is 15. The second kappa shape index (κ2) is 20.7. The van der Waals surface area contributed by atoms with Gasteiger partial charge < -0.3 is 0 Å². The van der Waals surface area contributed by atoms with Crippen LogP contribution >= 0.6 is 14.0 Å². The normalized spacial score (nSPS) is 12.0. The van der Waals surface area contributed by atoms with Crippen LogP contribution in [0.5, 0.6) is 0 Å². The summed E-state index contributed by atoms with van der Waals surface area (Å²) in [6, 6.07) is 0. The average molecular weight is 492 g/mol. The van der Waals surface area contributed by atoms with Crippen molar-refractivity contribution in [3.8, 4) is 0 Å². The molecule has 0 spiro atoms. The van der Waals surface area contributed by atoms with Crippen LogP contribution in [0.4, 0.5) is 0 Å². The molecule has 0 aliphatic carbocycles. The third kappa shape index (κ3) is 18.4. The number of halogens is 1. The molecule has 0 bridgehead atoms.